The molecule has 0 aliphatic rings. The monoisotopic (exact) mass is 481 g/mol. The van der Waals surface area contributed by atoms with Crippen molar-refractivity contribution in [1.82, 2.24) is 0 Å². The normalized spacial score (nSPS) is 13.5. The third kappa shape index (κ3) is 9.78. The quantitative estimate of drug-likeness (QED) is 0.313. The van der Waals surface area contributed by atoms with Crippen LogP contribution >= 0.6 is 0 Å². The smallest absolute Gasteiger partial charge is 0.480 e. The summed E-state index contributed by atoms with van der Waals surface area (Å²) in [6.07, 6.45) is -0.470. The molecule has 1 aromatic carbocycles. The number of carboxylic acid groups (broad SMARTS) is 1. The van der Waals surface area contributed by atoms with Crippen LogP contribution < -0.4 is 15.2 Å². The number of benzene rings is 1. The minimum absolute atomic E-state index is 0.0178. The second kappa shape index (κ2) is 14.2. The Morgan fingerprint density at radius 2 is 1.47 bits per heavy atom. The number of rotatable bonds is 13. The van der Waals surface area contributed by atoms with E-state index in [1.807, 2.05) is 13.8 Å². The number of carbonyl (C=O) groups excluding carboxylic acids is 3. The summed E-state index contributed by atoms with van der Waals surface area (Å²) in [5.74, 6) is -3.07. The average molecular weight is 482 g/mol. The molecule has 0 amide bonds. The zero-order valence-electron chi connectivity index (χ0n) is 20.4. The average Bonchev–Trinajstić information content (AvgIpc) is 2.72. The first kappa shape index (κ1) is 28.9. The van der Waals surface area contributed by atoms with Crippen LogP contribution in [-0.4, -0.2) is 47.4 Å². The van der Waals surface area contributed by atoms with E-state index >= 15 is 0 Å². The van der Waals surface area contributed by atoms with Gasteiger partial charge in [-0.25, -0.2) is 4.79 Å². The maximum absolute atomic E-state index is 12.1. The molecule has 3 atom stereocenters. The van der Waals surface area contributed by atoms with E-state index in [4.69, 9.17) is 24.7 Å². The summed E-state index contributed by atoms with van der Waals surface area (Å²) in [6, 6.07) is 3.05. The van der Waals surface area contributed by atoms with Gasteiger partial charge in [0.25, 0.3) is 0 Å². The molecule has 190 valence electrons. The molecule has 0 heterocycles. The van der Waals surface area contributed by atoms with Gasteiger partial charge < -0.3 is 29.8 Å². The fourth-order valence-electron chi connectivity index (χ4n) is 3.13. The van der Waals surface area contributed by atoms with E-state index in [0.717, 1.165) is 0 Å². The van der Waals surface area contributed by atoms with Crippen molar-refractivity contribution in [2.45, 2.75) is 90.9 Å². The molecule has 0 fully saturated rings. The van der Waals surface area contributed by atoms with Crippen molar-refractivity contribution in [3.63, 3.8) is 0 Å². The molecule has 0 aliphatic carbocycles. The van der Waals surface area contributed by atoms with Gasteiger partial charge in [0.2, 0.25) is 0 Å². The predicted molar refractivity (Wildman–Crippen MR) is 123 cm³/mol. The van der Waals surface area contributed by atoms with E-state index in [0.29, 0.717) is 18.4 Å². The van der Waals surface area contributed by atoms with Crippen LogP contribution in [0.3, 0.4) is 0 Å². The van der Waals surface area contributed by atoms with Crippen LogP contribution in [-0.2, 0) is 23.9 Å². The Morgan fingerprint density at radius 1 is 0.912 bits per heavy atom. The van der Waals surface area contributed by atoms with Crippen molar-refractivity contribution in [3.05, 3.63) is 23.8 Å². The predicted octanol–water partition coefficient (Wildman–Crippen LogP) is 3.93. The van der Waals surface area contributed by atoms with Gasteiger partial charge in [-0.15, -0.1) is 0 Å². The Hall–Kier alpha value is -3.14. The molecule has 0 aromatic heterocycles. The fourth-order valence-corrected chi connectivity index (χ4v) is 3.13. The van der Waals surface area contributed by atoms with Crippen LogP contribution in [0.2, 0.25) is 0 Å². The minimum atomic E-state index is -1.35. The number of carboxylic acids is 1. The highest BCUT2D eigenvalue weighted by Crippen LogP contribution is 2.35. The lowest BCUT2D eigenvalue weighted by Crippen LogP contribution is -2.38. The number of ether oxygens (including phenoxy) is 4. The standard InChI is InChI=1S/C24H35NO9/c1-6-8-20(26)33-18-11-10-16(13-19(18)34-21(27)9-7-2)17(22(25)23(28)29)12-15(5)32-24(30)31-14(3)4/h10-11,13-15,17,22H,6-9,12,25H2,1-5H3,(H,28,29)/t15?,17?,22-/m0/s1. The Balaban J connectivity index is 3.28. The molecule has 34 heavy (non-hydrogen) atoms. The molecule has 2 unspecified atom stereocenters. The van der Waals surface area contributed by atoms with Crippen LogP contribution in [0.15, 0.2) is 18.2 Å². The van der Waals surface area contributed by atoms with Gasteiger partial charge in [-0.3, -0.25) is 14.4 Å². The van der Waals surface area contributed by atoms with Crippen molar-refractivity contribution in [3.8, 4) is 11.5 Å². The Morgan fingerprint density at radius 3 is 1.97 bits per heavy atom. The van der Waals surface area contributed by atoms with E-state index in [1.54, 1.807) is 26.8 Å². The van der Waals surface area contributed by atoms with Crippen molar-refractivity contribution in [2.75, 3.05) is 0 Å². The molecule has 0 saturated carbocycles. The molecular formula is C24H35NO9. The van der Waals surface area contributed by atoms with Gasteiger partial charge in [-0.2, -0.15) is 0 Å². The first-order valence-corrected chi connectivity index (χ1v) is 11.4. The zero-order valence-corrected chi connectivity index (χ0v) is 20.4. The number of hydrogen-bond acceptors (Lipinski definition) is 9. The third-order valence-corrected chi connectivity index (χ3v) is 4.69. The molecule has 0 radical (unpaired) electrons. The first-order valence-electron chi connectivity index (χ1n) is 11.4. The number of hydrogen-bond donors (Lipinski definition) is 2. The SMILES string of the molecule is CCCC(=O)Oc1ccc(C(CC(C)OC(=O)OC(C)C)[C@H](N)C(=O)O)cc1OC(=O)CCC. The molecule has 0 bridgehead atoms. The van der Waals surface area contributed by atoms with Crippen LogP contribution in [0.4, 0.5) is 4.79 Å². The van der Waals surface area contributed by atoms with Gasteiger partial charge in [0, 0.05) is 18.8 Å². The second-order valence-corrected chi connectivity index (χ2v) is 8.21. The van der Waals surface area contributed by atoms with E-state index in [9.17, 15) is 24.3 Å². The molecule has 3 N–H and O–H groups in total. The van der Waals surface area contributed by atoms with E-state index in [1.165, 1.54) is 12.1 Å². The molecule has 0 aliphatic heterocycles. The topological polar surface area (TPSA) is 151 Å². The van der Waals surface area contributed by atoms with Gasteiger partial charge in [0.15, 0.2) is 11.5 Å². The van der Waals surface area contributed by atoms with Crippen molar-refractivity contribution in [2.24, 2.45) is 5.73 Å². The van der Waals surface area contributed by atoms with Gasteiger partial charge in [-0.05, 0) is 57.7 Å². The maximum atomic E-state index is 12.1. The van der Waals surface area contributed by atoms with Crippen molar-refractivity contribution >= 4 is 24.1 Å². The van der Waals surface area contributed by atoms with E-state index < -0.39 is 42.1 Å². The molecular weight excluding hydrogens is 446 g/mol. The molecule has 10 heteroatoms. The largest absolute Gasteiger partial charge is 0.508 e. The summed E-state index contributed by atoms with van der Waals surface area (Å²) in [5.41, 5.74) is 6.36. The second-order valence-electron chi connectivity index (χ2n) is 8.21. The molecule has 10 nitrogen and oxygen atoms in total. The highest BCUT2D eigenvalue weighted by atomic mass is 16.7. The van der Waals surface area contributed by atoms with Gasteiger partial charge in [-0.1, -0.05) is 19.9 Å². The molecule has 1 rings (SSSR count). The highest BCUT2D eigenvalue weighted by molar-refractivity contribution is 5.77. The van der Waals surface area contributed by atoms with Gasteiger partial charge in [0.1, 0.15) is 12.1 Å². The van der Waals surface area contributed by atoms with Gasteiger partial charge >= 0.3 is 24.1 Å². The van der Waals surface area contributed by atoms with Crippen LogP contribution in [0.1, 0.15) is 78.2 Å². The summed E-state index contributed by atoms with van der Waals surface area (Å²) in [7, 11) is 0. The lowest BCUT2D eigenvalue weighted by atomic mass is 9.87. The Bertz CT molecular complexity index is 853. The highest BCUT2D eigenvalue weighted by Gasteiger charge is 2.30. The van der Waals surface area contributed by atoms with Crippen molar-refractivity contribution < 1.29 is 43.2 Å². The summed E-state index contributed by atoms with van der Waals surface area (Å²) < 4.78 is 20.9. The first-order chi connectivity index (χ1) is 16.0. The number of esters is 2. The maximum Gasteiger partial charge on any atom is 0.508 e. The third-order valence-electron chi connectivity index (χ3n) is 4.69. The molecule has 0 spiro atoms. The van der Waals surface area contributed by atoms with Gasteiger partial charge in [0.05, 0.1) is 6.10 Å². The van der Waals surface area contributed by atoms with E-state index in [-0.39, 0.29) is 36.9 Å². The number of carbonyl (C=O) groups is 4. The lowest BCUT2D eigenvalue weighted by Gasteiger charge is -2.25. The van der Waals surface area contributed by atoms with Crippen molar-refractivity contribution in [1.29, 1.82) is 0 Å². The molecule has 0 saturated heterocycles. The number of nitrogens with two attached hydrogens (primary N) is 1. The Labute approximate surface area is 199 Å². The van der Waals surface area contributed by atoms with Crippen LogP contribution in [0.25, 0.3) is 0 Å². The summed E-state index contributed by atoms with van der Waals surface area (Å²) >= 11 is 0. The lowest BCUT2D eigenvalue weighted by molar-refractivity contribution is -0.139. The minimum Gasteiger partial charge on any atom is -0.480 e. The van der Waals surface area contributed by atoms with Crippen LogP contribution in [0, 0.1) is 0 Å². The Kier molecular flexibility index (Phi) is 12.1. The molecule has 1 aromatic rings. The summed E-state index contributed by atoms with van der Waals surface area (Å²) in [4.78, 5) is 47.6. The summed E-state index contributed by atoms with van der Waals surface area (Å²) in [5, 5.41) is 9.53. The van der Waals surface area contributed by atoms with E-state index in [2.05, 4.69) is 0 Å². The van der Waals surface area contributed by atoms with Crippen LogP contribution in [0.5, 0.6) is 11.5 Å². The number of aliphatic carboxylic acids is 1. The summed E-state index contributed by atoms with van der Waals surface area (Å²) in [6.45, 7) is 8.57. The fraction of sp³-hybridized carbons (Fsp3) is 0.583. The zero-order chi connectivity index (χ0) is 25.8.